The number of hydrogen-bond acceptors (Lipinski definition) is 8. The lowest BCUT2D eigenvalue weighted by molar-refractivity contribution is 0.0395. The van der Waals surface area contributed by atoms with E-state index in [1.807, 2.05) is 27.7 Å². The van der Waals surface area contributed by atoms with E-state index in [0.29, 0.717) is 40.5 Å². The van der Waals surface area contributed by atoms with Crippen LogP contribution in [0.15, 0.2) is 24.3 Å². The molecule has 0 bridgehead atoms. The largest absolute Gasteiger partial charge is 0.493 e. The summed E-state index contributed by atoms with van der Waals surface area (Å²) in [5.41, 5.74) is -0.870. The highest BCUT2D eigenvalue weighted by Crippen LogP contribution is 2.45. The summed E-state index contributed by atoms with van der Waals surface area (Å²) in [4.78, 5) is 17.4. The molecule has 1 aliphatic rings. The number of nitrogens with zero attached hydrogens (tertiary/aromatic N) is 1. The normalized spacial score (nSPS) is 19.9. The molecule has 0 saturated carbocycles. The molecule has 216 valence electrons. The maximum absolute atomic E-state index is 13.0. The Hall–Kier alpha value is -2.24. The number of nitrogens with one attached hydrogen (secondary N) is 1. The predicted octanol–water partition coefficient (Wildman–Crippen LogP) is 4.42. The minimum Gasteiger partial charge on any atom is -0.493 e. The lowest BCUT2D eigenvalue weighted by Gasteiger charge is -2.32. The summed E-state index contributed by atoms with van der Waals surface area (Å²) in [5, 5.41) is 21.0. The number of aliphatic hydroxyl groups is 2. The maximum Gasteiger partial charge on any atom is 0.171 e. The van der Waals surface area contributed by atoms with E-state index in [0.717, 1.165) is 0 Å². The number of ketones is 1. The zero-order chi connectivity index (χ0) is 29.2. The van der Waals surface area contributed by atoms with Crippen LogP contribution in [0.5, 0.6) is 17.2 Å². The van der Waals surface area contributed by atoms with Crippen molar-refractivity contribution in [2.45, 2.75) is 82.8 Å². The van der Waals surface area contributed by atoms with Crippen LogP contribution in [0.25, 0.3) is 0 Å². The molecule has 0 radical (unpaired) electrons. The van der Waals surface area contributed by atoms with Gasteiger partial charge in [-0.2, -0.15) is 0 Å². The van der Waals surface area contributed by atoms with Gasteiger partial charge in [0, 0.05) is 17.5 Å². The smallest absolute Gasteiger partial charge is 0.171 e. The Balaban J connectivity index is 1.82. The molecule has 39 heavy (non-hydrogen) atoms. The van der Waals surface area contributed by atoms with Crippen LogP contribution in [-0.4, -0.2) is 56.4 Å². The number of halogens is 1. The second-order valence-corrected chi connectivity index (χ2v) is 13.4. The van der Waals surface area contributed by atoms with E-state index in [-0.39, 0.29) is 37.0 Å². The molecule has 1 aromatic carbocycles. The summed E-state index contributed by atoms with van der Waals surface area (Å²) in [6.45, 7) is 11.1. The lowest BCUT2D eigenvalue weighted by atomic mass is 9.87. The van der Waals surface area contributed by atoms with Crippen molar-refractivity contribution in [2.24, 2.45) is 0 Å². The highest BCUT2D eigenvalue weighted by atomic mass is 35.5. The standard InChI is InChI=1S/C28H39ClN2O7S/c1-8-28(31-39(35)26(3,4)5)16-38-24-19(28)14-23(30-25(24)29)27(6,34)12-11-20(33)18-9-10-21(22(13-18)36-7)37-15-17(2)32/h9-10,13-14,17,31-32,34H,8,11-12,15-16H2,1-7H3/t17-,27-,28+,39?/m1/s1. The molecule has 1 aliphatic heterocycles. The fraction of sp³-hybridized carbons (Fsp3) is 0.571. The summed E-state index contributed by atoms with van der Waals surface area (Å²) in [5.74, 6) is 0.992. The van der Waals surface area contributed by atoms with E-state index >= 15 is 0 Å². The number of benzene rings is 1. The minimum atomic E-state index is -1.48. The Kier molecular flexibility index (Phi) is 9.71. The van der Waals surface area contributed by atoms with E-state index in [1.165, 1.54) is 7.11 Å². The monoisotopic (exact) mass is 582 g/mol. The van der Waals surface area contributed by atoms with Crippen LogP contribution in [0, 0.1) is 0 Å². The van der Waals surface area contributed by atoms with E-state index in [1.54, 1.807) is 38.1 Å². The fourth-order valence-corrected chi connectivity index (χ4v) is 5.35. The number of Topliss-reactive ketones (excluding diaryl/α,β-unsaturated/α-hetero) is 1. The molecule has 9 nitrogen and oxygen atoms in total. The van der Waals surface area contributed by atoms with Gasteiger partial charge in [0.25, 0.3) is 0 Å². The van der Waals surface area contributed by atoms with Gasteiger partial charge in [0.05, 0.1) is 40.2 Å². The molecule has 11 heteroatoms. The van der Waals surface area contributed by atoms with E-state index < -0.39 is 33.0 Å². The Morgan fingerprint density at radius 3 is 2.56 bits per heavy atom. The first kappa shape index (κ1) is 31.3. The first-order chi connectivity index (χ1) is 18.1. The molecular weight excluding hydrogens is 544 g/mol. The Labute approximate surface area is 237 Å². The summed E-state index contributed by atoms with van der Waals surface area (Å²) in [6.07, 6.45) is 0.0334. The Bertz CT molecular complexity index is 1230. The van der Waals surface area contributed by atoms with Crippen LogP contribution in [0.1, 0.15) is 82.4 Å². The van der Waals surface area contributed by atoms with Crippen molar-refractivity contribution in [2.75, 3.05) is 20.3 Å². The van der Waals surface area contributed by atoms with E-state index in [9.17, 15) is 19.2 Å². The predicted molar refractivity (Wildman–Crippen MR) is 151 cm³/mol. The van der Waals surface area contributed by atoms with Crippen LogP contribution in [0.2, 0.25) is 5.15 Å². The number of hydrogen-bond donors (Lipinski definition) is 3. The molecule has 1 aromatic heterocycles. The van der Waals surface area contributed by atoms with Gasteiger partial charge in [-0.1, -0.05) is 18.5 Å². The highest BCUT2D eigenvalue weighted by molar-refractivity contribution is 7.84. The van der Waals surface area contributed by atoms with Crippen LogP contribution in [0.3, 0.4) is 0 Å². The molecule has 1 unspecified atom stereocenters. The molecule has 0 aliphatic carbocycles. The van der Waals surface area contributed by atoms with Gasteiger partial charge in [-0.15, -0.1) is 0 Å². The number of pyridine rings is 1. The summed E-state index contributed by atoms with van der Waals surface area (Å²) in [7, 11) is 0.0914. The molecule has 0 saturated heterocycles. The minimum absolute atomic E-state index is 0.0299. The quantitative estimate of drug-likeness (QED) is 0.248. The number of ether oxygens (including phenoxy) is 3. The van der Waals surface area contributed by atoms with E-state index in [2.05, 4.69) is 9.71 Å². The third-order valence-electron chi connectivity index (χ3n) is 6.71. The molecule has 2 heterocycles. The van der Waals surface area contributed by atoms with Crippen LogP contribution < -0.4 is 18.9 Å². The zero-order valence-electron chi connectivity index (χ0n) is 23.6. The molecular formula is C28H39ClN2O7S. The van der Waals surface area contributed by atoms with Gasteiger partial charge in [-0.3, -0.25) is 4.79 Å². The number of carbonyl (C=O) groups is 1. The van der Waals surface area contributed by atoms with Gasteiger partial charge in [-0.05, 0) is 71.7 Å². The highest BCUT2D eigenvalue weighted by Gasteiger charge is 2.45. The first-order valence-corrected chi connectivity index (χ1v) is 14.4. The average Bonchev–Trinajstić information content (AvgIpc) is 3.24. The number of aromatic nitrogens is 1. The SMILES string of the molecule is CC[C@]1(NS(=O)C(C)(C)C)COc2c1cc([C@](C)(O)CCC(=O)c1ccc(OC[C@@H](C)O)c(OC)c1)nc2Cl. The number of aliphatic hydroxyl groups excluding tert-OH is 1. The summed E-state index contributed by atoms with van der Waals surface area (Å²) < 4.78 is 32.5. The van der Waals surface area contributed by atoms with Gasteiger partial charge < -0.3 is 24.4 Å². The summed E-state index contributed by atoms with van der Waals surface area (Å²) >= 11 is 6.48. The summed E-state index contributed by atoms with van der Waals surface area (Å²) in [6, 6.07) is 6.54. The van der Waals surface area contributed by atoms with Gasteiger partial charge >= 0.3 is 0 Å². The zero-order valence-corrected chi connectivity index (χ0v) is 25.2. The van der Waals surface area contributed by atoms with Gasteiger partial charge in [0.1, 0.15) is 18.8 Å². The molecule has 0 fully saturated rings. The van der Waals surface area contributed by atoms with Crippen LogP contribution in [-0.2, 0) is 22.1 Å². The molecule has 3 rings (SSSR count). The second-order valence-electron chi connectivity index (χ2n) is 11.1. The van der Waals surface area contributed by atoms with Crippen molar-refractivity contribution < 1.29 is 33.4 Å². The molecule has 0 amide bonds. The van der Waals surface area contributed by atoms with Crippen molar-refractivity contribution in [1.29, 1.82) is 0 Å². The van der Waals surface area contributed by atoms with Crippen molar-refractivity contribution in [3.8, 4) is 17.2 Å². The molecule has 0 spiro atoms. The van der Waals surface area contributed by atoms with Crippen LogP contribution >= 0.6 is 11.6 Å². The first-order valence-electron chi connectivity index (χ1n) is 12.9. The molecule has 2 aromatic rings. The average molecular weight is 583 g/mol. The molecule has 3 N–H and O–H groups in total. The van der Waals surface area contributed by atoms with Crippen molar-refractivity contribution in [1.82, 2.24) is 9.71 Å². The number of rotatable bonds is 12. The van der Waals surface area contributed by atoms with Crippen molar-refractivity contribution >= 4 is 28.4 Å². The van der Waals surface area contributed by atoms with Gasteiger partial charge in [0.2, 0.25) is 0 Å². The van der Waals surface area contributed by atoms with Crippen LogP contribution in [0.4, 0.5) is 0 Å². The number of fused-ring (bicyclic) bond motifs is 1. The second kappa shape index (κ2) is 12.1. The Morgan fingerprint density at radius 2 is 1.97 bits per heavy atom. The van der Waals surface area contributed by atoms with E-state index in [4.69, 9.17) is 25.8 Å². The fourth-order valence-electron chi connectivity index (χ4n) is 4.12. The number of carbonyl (C=O) groups excluding carboxylic acids is 1. The third kappa shape index (κ3) is 7.10. The Morgan fingerprint density at radius 1 is 1.28 bits per heavy atom. The molecule has 4 atom stereocenters. The number of methoxy groups -OCH3 is 1. The lowest BCUT2D eigenvalue weighted by Crippen LogP contribution is -2.49. The maximum atomic E-state index is 13.0. The topological polar surface area (TPSA) is 127 Å². The van der Waals surface area contributed by atoms with Gasteiger partial charge in [-0.25, -0.2) is 13.9 Å². The van der Waals surface area contributed by atoms with Crippen molar-refractivity contribution in [3.63, 3.8) is 0 Å². The van der Waals surface area contributed by atoms with Crippen molar-refractivity contribution in [3.05, 3.63) is 46.2 Å². The van der Waals surface area contributed by atoms with Gasteiger partial charge in [0.15, 0.2) is 28.2 Å². The third-order valence-corrected chi connectivity index (χ3v) is 8.66.